The van der Waals surface area contributed by atoms with Gasteiger partial charge in [0.1, 0.15) is 17.0 Å². The number of rotatable bonds is 4. The number of amides is 1. The average Bonchev–Trinajstić information content (AvgIpc) is 3.15. The van der Waals surface area contributed by atoms with E-state index in [0.29, 0.717) is 17.2 Å². The number of benzene rings is 2. The molecule has 0 aliphatic carbocycles. The van der Waals surface area contributed by atoms with Crippen molar-refractivity contribution < 1.29 is 22.7 Å². The molecule has 0 saturated heterocycles. The number of aromatic amines is 1. The molecule has 6 nitrogen and oxygen atoms in total. The van der Waals surface area contributed by atoms with Crippen LogP contribution in [0.1, 0.15) is 16.2 Å². The van der Waals surface area contributed by atoms with Crippen molar-refractivity contribution >= 4 is 34.2 Å². The van der Waals surface area contributed by atoms with Gasteiger partial charge in [0, 0.05) is 11.9 Å². The van der Waals surface area contributed by atoms with Crippen LogP contribution < -0.4 is 10.1 Å². The summed E-state index contributed by atoms with van der Waals surface area (Å²) in [4.78, 5) is 23.0. The summed E-state index contributed by atoms with van der Waals surface area (Å²) in [5, 5.41) is 2.41. The molecular formula is C20H12ClF3N4O2. The number of alkyl halides is 3. The highest BCUT2D eigenvalue weighted by Gasteiger charge is 2.32. The van der Waals surface area contributed by atoms with Crippen molar-refractivity contribution in [3.63, 3.8) is 0 Å². The molecule has 0 unspecified atom stereocenters. The molecule has 0 spiro atoms. The molecule has 4 aromatic rings. The lowest BCUT2D eigenvalue weighted by Crippen LogP contribution is -2.13. The van der Waals surface area contributed by atoms with E-state index in [-0.39, 0.29) is 21.9 Å². The number of imidazole rings is 1. The Morgan fingerprint density at radius 1 is 1.10 bits per heavy atom. The van der Waals surface area contributed by atoms with E-state index in [0.717, 1.165) is 12.1 Å². The van der Waals surface area contributed by atoms with Crippen molar-refractivity contribution in [1.82, 2.24) is 15.0 Å². The maximum absolute atomic E-state index is 12.9. The largest absolute Gasteiger partial charge is 0.456 e. The number of pyridine rings is 1. The van der Waals surface area contributed by atoms with E-state index in [4.69, 9.17) is 16.3 Å². The van der Waals surface area contributed by atoms with Gasteiger partial charge in [0.05, 0.1) is 22.3 Å². The van der Waals surface area contributed by atoms with Crippen molar-refractivity contribution in [2.45, 2.75) is 6.18 Å². The summed E-state index contributed by atoms with van der Waals surface area (Å²) >= 11 is 5.90. The Kier molecular flexibility index (Phi) is 5.04. The third kappa shape index (κ3) is 4.20. The Morgan fingerprint density at radius 2 is 1.87 bits per heavy atom. The molecule has 2 aromatic carbocycles. The van der Waals surface area contributed by atoms with Crippen LogP contribution >= 0.6 is 11.6 Å². The molecule has 10 heteroatoms. The first-order chi connectivity index (χ1) is 14.3. The zero-order valence-electron chi connectivity index (χ0n) is 15.0. The molecule has 0 radical (unpaired) electrons. The lowest BCUT2D eigenvalue weighted by Gasteiger charge is -2.07. The minimum atomic E-state index is -4.56. The summed E-state index contributed by atoms with van der Waals surface area (Å²) in [6, 6.07) is 11.6. The molecule has 1 amide bonds. The number of nitrogens with zero attached hydrogens (tertiary/aromatic N) is 2. The fraction of sp³-hybridized carbons (Fsp3) is 0.0500. The third-order valence-electron chi connectivity index (χ3n) is 4.06. The summed E-state index contributed by atoms with van der Waals surface area (Å²) in [5.41, 5.74) is -0.392. The van der Waals surface area contributed by atoms with Crippen LogP contribution in [-0.2, 0) is 6.18 Å². The summed E-state index contributed by atoms with van der Waals surface area (Å²) < 4.78 is 44.4. The molecule has 0 atom stereocenters. The Hall–Kier alpha value is -3.59. The molecular weight excluding hydrogens is 421 g/mol. The van der Waals surface area contributed by atoms with Gasteiger partial charge in [0.25, 0.3) is 5.91 Å². The fourth-order valence-corrected chi connectivity index (χ4v) is 2.95. The Bertz CT molecular complexity index is 1210. The summed E-state index contributed by atoms with van der Waals surface area (Å²) in [6.07, 6.45) is -1.38. The minimum Gasteiger partial charge on any atom is -0.456 e. The number of halogens is 4. The maximum atomic E-state index is 12.9. The average molecular weight is 433 g/mol. The van der Waals surface area contributed by atoms with Crippen LogP contribution in [0.2, 0.25) is 5.02 Å². The van der Waals surface area contributed by atoms with E-state index in [1.54, 1.807) is 48.8 Å². The second-order valence-electron chi connectivity index (χ2n) is 6.21. The number of carbonyl (C=O) groups is 1. The lowest BCUT2D eigenvalue weighted by atomic mass is 10.2. The van der Waals surface area contributed by atoms with Gasteiger partial charge in [-0.2, -0.15) is 13.2 Å². The summed E-state index contributed by atoms with van der Waals surface area (Å²) in [7, 11) is 0. The Morgan fingerprint density at radius 3 is 2.53 bits per heavy atom. The molecule has 0 bridgehead atoms. The Balaban J connectivity index is 1.51. The monoisotopic (exact) mass is 432 g/mol. The number of ether oxygens (including phenoxy) is 1. The van der Waals surface area contributed by atoms with E-state index >= 15 is 0 Å². The second kappa shape index (κ2) is 7.68. The van der Waals surface area contributed by atoms with E-state index in [2.05, 4.69) is 20.3 Å². The van der Waals surface area contributed by atoms with Crippen molar-refractivity contribution in [3.05, 3.63) is 77.3 Å². The number of aromatic nitrogens is 3. The molecule has 0 saturated carbocycles. The molecule has 30 heavy (non-hydrogen) atoms. The van der Waals surface area contributed by atoms with Crippen LogP contribution in [0, 0.1) is 0 Å². The number of hydrogen-bond donors (Lipinski definition) is 2. The molecule has 2 heterocycles. The van der Waals surface area contributed by atoms with Gasteiger partial charge < -0.3 is 15.0 Å². The number of anilines is 1. The molecule has 152 valence electrons. The number of nitrogens with one attached hydrogen (secondary N) is 2. The predicted octanol–water partition coefficient (Wildman–Crippen LogP) is 5.67. The molecule has 0 aliphatic rings. The first kappa shape index (κ1) is 19.7. The van der Waals surface area contributed by atoms with Gasteiger partial charge >= 0.3 is 6.18 Å². The molecule has 2 N–H and O–H groups in total. The van der Waals surface area contributed by atoms with Crippen LogP contribution in [-0.4, -0.2) is 20.9 Å². The van der Waals surface area contributed by atoms with Crippen molar-refractivity contribution in [1.29, 1.82) is 0 Å². The zero-order valence-corrected chi connectivity index (χ0v) is 15.8. The summed E-state index contributed by atoms with van der Waals surface area (Å²) in [6.45, 7) is 0. The van der Waals surface area contributed by atoms with Crippen molar-refractivity contribution in [2.75, 3.05) is 5.32 Å². The van der Waals surface area contributed by atoms with Crippen LogP contribution in [0.5, 0.6) is 11.5 Å². The highest BCUT2D eigenvalue weighted by molar-refractivity contribution is 6.35. The second-order valence-corrected chi connectivity index (χ2v) is 6.61. The van der Waals surface area contributed by atoms with E-state index in [9.17, 15) is 18.0 Å². The summed E-state index contributed by atoms with van der Waals surface area (Å²) in [5.74, 6) is 0.307. The number of carbonyl (C=O) groups excluding carboxylic acids is 1. The first-order valence-corrected chi connectivity index (χ1v) is 8.93. The quantitative estimate of drug-likeness (QED) is 0.435. The number of hydrogen-bond acceptors (Lipinski definition) is 4. The van der Waals surface area contributed by atoms with Crippen LogP contribution in [0.3, 0.4) is 0 Å². The van der Waals surface area contributed by atoms with Crippen LogP contribution in [0.15, 0.2) is 60.9 Å². The van der Waals surface area contributed by atoms with Gasteiger partial charge in [-0.3, -0.25) is 9.78 Å². The molecule has 0 aliphatic heterocycles. The van der Waals surface area contributed by atoms with Gasteiger partial charge in [-0.15, -0.1) is 0 Å². The molecule has 2 aromatic heterocycles. The van der Waals surface area contributed by atoms with Crippen molar-refractivity contribution in [2.24, 2.45) is 0 Å². The van der Waals surface area contributed by atoms with E-state index in [1.807, 2.05) is 0 Å². The molecule has 4 rings (SSSR count). The maximum Gasteiger partial charge on any atom is 0.416 e. The third-order valence-corrected chi connectivity index (χ3v) is 4.35. The van der Waals surface area contributed by atoms with Gasteiger partial charge in [-0.05, 0) is 48.5 Å². The lowest BCUT2D eigenvalue weighted by molar-refractivity contribution is -0.137. The molecule has 0 fully saturated rings. The van der Waals surface area contributed by atoms with Crippen LogP contribution in [0.25, 0.3) is 11.0 Å². The van der Waals surface area contributed by atoms with E-state index < -0.39 is 17.6 Å². The van der Waals surface area contributed by atoms with Crippen molar-refractivity contribution in [3.8, 4) is 11.5 Å². The van der Waals surface area contributed by atoms with Gasteiger partial charge in [0.2, 0.25) is 0 Å². The fourth-order valence-electron chi connectivity index (χ4n) is 2.69. The Labute approximate surface area is 172 Å². The zero-order chi connectivity index (χ0) is 21.3. The highest BCUT2D eigenvalue weighted by Crippen LogP contribution is 2.34. The predicted molar refractivity (Wildman–Crippen MR) is 105 cm³/mol. The SMILES string of the molecule is O=C(Nc1ccc(Oc2cccnc2)cc1)c1nc2c(Cl)cc(C(F)(F)F)cc2[nH]1. The minimum absolute atomic E-state index is 0.0141. The van der Waals surface area contributed by atoms with Crippen LogP contribution in [0.4, 0.5) is 18.9 Å². The first-order valence-electron chi connectivity index (χ1n) is 8.55. The van der Waals surface area contributed by atoms with Gasteiger partial charge in [-0.1, -0.05) is 11.6 Å². The number of H-pyrrole nitrogens is 1. The number of fused-ring (bicyclic) bond motifs is 1. The normalized spacial score (nSPS) is 11.5. The standard InChI is InChI=1S/C20H12ClF3N4O2/c21-15-8-11(20(22,23)24)9-16-17(15)28-18(27-16)19(29)26-12-3-5-13(6-4-12)30-14-2-1-7-25-10-14/h1-10H,(H,26,29)(H,27,28). The smallest absolute Gasteiger partial charge is 0.416 e. The topological polar surface area (TPSA) is 79.9 Å². The van der Waals surface area contributed by atoms with E-state index in [1.165, 1.54) is 0 Å². The van der Waals surface area contributed by atoms with Gasteiger partial charge in [0.15, 0.2) is 5.82 Å². The highest BCUT2D eigenvalue weighted by atomic mass is 35.5. The van der Waals surface area contributed by atoms with Gasteiger partial charge in [-0.25, -0.2) is 4.98 Å².